The van der Waals surface area contributed by atoms with E-state index < -0.39 is 0 Å². The summed E-state index contributed by atoms with van der Waals surface area (Å²) in [5, 5.41) is 4.11. The van der Waals surface area contributed by atoms with Gasteiger partial charge in [0.2, 0.25) is 5.89 Å². The van der Waals surface area contributed by atoms with Crippen LogP contribution in [-0.4, -0.2) is 50.4 Å². The van der Waals surface area contributed by atoms with Gasteiger partial charge in [0.15, 0.2) is 0 Å². The fourth-order valence-corrected chi connectivity index (χ4v) is 2.37. The average molecular weight is 277 g/mol. The van der Waals surface area contributed by atoms with Crippen molar-refractivity contribution in [2.75, 3.05) is 19.7 Å². The lowest BCUT2D eigenvalue weighted by Gasteiger charge is -2.31. The van der Waals surface area contributed by atoms with Crippen LogP contribution in [0.5, 0.6) is 0 Å². The molecule has 108 valence electrons. The Balaban J connectivity index is 1.57. The molecule has 3 heterocycles. The van der Waals surface area contributed by atoms with Gasteiger partial charge >= 0.3 is 0 Å². The Labute approximate surface area is 117 Å². The van der Waals surface area contributed by atoms with E-state index in [0.29, 0.717) is 0 Å². The number of rotatable bonds is 4. The maximum atomic E-state index is 5.77. The Morgan fingerprint density at radius 3 is 3.00 bits per heavy atom. The van der Waals surface area contributed by atoms with Crippen LogP contribution in [-0.2, 0) is 17.8 Å². The maximum Gasteiger partial charge on any atom is 0.208 e. The van der Waals surface area contributed by atoms with Crippen LogP contribution in [0.15, 0.2) is 17.1 Å². The molecule has 3 rings (SSSR count). The summed E-state index contributed by atoms with van der Waals surface area (Å²) in [6.07, 6.45) is 3.38. The average Bonchev–Trinajstić information content (AvgIpc) is 3.01. The van der Waals surface area contributed by atoms with Crippen molar-refractivity contribution < 1.29 is 9.15 Å². The smallest absolute Gasteiger partial charge is 0.208 e. The molecule has 2 aromatic heterocycles. The second-order valence-electron chi connectivity index (χ2n) is 5.09. The van der Waals surface area contributed by atoms with E-state index in [9.17, 15) is 0 Å². The lowest BCUT2D eigenvalue weighted by Crippen LogP contribution is -2.43. The fraction of sp³-hybridized carbons (Fsp3) is 0.615. The lowest BCUT2D eigenvalue weighted by molar-refractivity contribution is -0.0423. The summed E-state index contributed by atoms with van der Waals surface area (Å²) in [5.74, 6) is 1.67. The largest absolute Gasteiger partial charge is 0.444 e. The molecule has 0 amide bonds. The highest BCUT2D eigenvalue weighted by molar-refractivity contribution is 5.05. The monoisotopic (exact) mass is 277 g/mol. The van der Waals surface area contributed by atoms with E-state index in [2.05, 4.69) is 20.0 Å². The second kappa shape index (κ2) is 5.72. The molecule has 0 unspecified atom stereocenters. The molecule has 1 aliphatic heterocycles. The second-order valence-corrected chi connectivity index (χ2v) is 5.09. The molecule has 0 aromatic carbocycles. The van der Waals surface area contributed by atoms with Crippen LogP contribution in [0.4, 0.5) is 0 Å². The Morgan fingerprint density at radius 2 is 2.30 bits per heavy atom. The first kappa shape index (κ1) is 13.3. The van der Waals surface area contributed by atoms with Crippen molar-refractivity contribution in [3.05, 3.63) is 30.0 Å². The molecule has 1 saturated heterocycles. The van der Waals surface area contributed by atoms with Gasteiger partial charge in [0.05, 0.1) is 31.5 Å². The first-order valence-electron chi connectivity index (χ1n) is 6.80. The van der Waals surface area contributed by atoms with E-state index in [1.165, 1.54) is 0 Å². The first-order valence-corrected chi connectivity index (χ1v) is 6.80. The normalized spacial score (nSPS) is 20.4. The predicted molar refractivity (Wildman–Crippen MR) is 71.0 cm³/mol. The van der Waals surface area contributed by atoms with Gasteiger partial charge in [0.25, 0.3) is 0 Å². The highest BCUT2D eigenvalue weighted by Gasteiger charge is 2.22. The summed E-state index contributed by atoms with van der Waals surface area (Å²) in [6.45, 7) is 7.83. The van der Waals surface area contributed by atoms with Crippen LogP contribution in [0.3, 0.4) is 0 Å². The molecular formula is C13H19N5O2. The number of hydrogen-bond acceptors (Lipinski definition) is 6. The Bertz CT molecular complexity index is 532. The van der Waals surface area contributed by atoms with E-state index in [-0.39, 0.29) is 6.10 Å². The SMILES string of the molecule is Cc1nc(CN2CCO[C@H](Cn3cncn3)C2)oc1C. The van der Waals surface area contributed by atoms with Gasteiger partial charge in [-0.3, -0.25) is 9.58 Å². The number of morpholine rings is 1. The molecule has 0 spiro atoms. The maximum absolute atomic E-state index is 5.77. The van der Waals surface area contributed by atoms with Crippen molar-refractivity contribution in [2.45, 2.75) is 33.0 Å². The molecule has 0 N–H and O–H groups in total. The van der Waals surface area contributed by atoms with Crippen LogP contribution < -0.4 is 0 Å². The zero-order valence-electron chi connectivity index (χ0n) is 11.8. The highest BCUT2D eigenvalue weighted by Crippen LogP contribution is 2.14. The summed E-state index contributed by atoms with van der Waals surface area (Å²) in [6, 6.07) is 0. The molecule has 1 atom stereocenters. The van der Waals surface area contributed by atoms with Crippen molar-refractivity contribution in [2.24, 2.45) is 0 Å². The predicted octanol–water partition coefficient (Wildman–Crippen LogP) is 0.784. The van der Waals surface area contributed by atoms with Crippen molar-refractivity contribution in [3.8, 4) is 0 Å². The zero-order valence-corrected chi connectivity index (χ0v) is 11.8. The molecular weight excluding hydrogens is 258 g/mol. The third kappa shape index (κ3) is 3.05. The highest BCUT2D eigenvalue weighted by atomic mass is 16.5. The van der Waals surface area contributed by atoms with E-state index in [0.717, 1.165) is 50.1 Å². The lowest BCUT2D eigenvalue weighted by atomic mass is 10.2. The van der Waals surface area contributed by atoms with Gasteiger partial charge in [0.1, 0.15) is 18.4 Å². The summed E-state index contributed by atoms with van der Waals surface area (Å²) in [4.78, 5) is 10.7. The van der Waals surface area contributed by atoms with Gasteiger partial charge < -0.3 is 9.15 Å². The Hall–Kier alpha value is -1.73. The van der Waals surface area contributed by atoms with Crippen LogP contribution in [0.2, 0.25) is 0 Å². The quantitative estimate of drug-likeness (QED) is 0.822. The minimum atomic E-state index is 0.127. The summed E-state index contributed by atoms with van der Waals surface area (Å²) >= 11 is 0. The molecule has 1 aliphatic rings. The molecule has 0 aliphatic carbocycles. The fourth-order valence-electron chi connectivity index (χ4n) is 2.37. The van der Waals surface area contributed by atoms with Gasteiger partial charge in [-0.1, -0.05) is 0 Å². The third-order valence-electron chi connectivity index (χ3n) is 3.51. The number of oxazole rings is 1. The first-order chi connectivity index (χ1) is 9.70. The van der Waals surface area contributed by atoms with Crippen molar-refractivity contribution >= 4 is 0 Å². The number of hydrogen-bond donors (Lipinski definition) is 0. The summed E-state index contributed by atoms with van der Waals surface area (Å²) in [5.41, 5.74) is 0.965. The number of aromatic nitrogens is 4. The van der Waals surface area contributed by atoms with Gasteiger partial charge in [-0.15, -0.1) is 0 Å². The van der Waals surface area contributed by atoms with Crippen molar-refractivity contribution in [3.63, 3.8) is 0 Å². The van der Waals surface area contributed by atoms with E-state index in [4.69, 9.17) is 9.15 Å². The number of aryl methyl sites for hydroxylation is 2. The van der Waals surface area contributed by atoms with Crippen molar-refractivity contribution in [1.29, 1.82) is 0 Å². The van der Waals surface area contributed by atoms with Gasteiger partial charge in [-0.2, -0.15) is 5.10 Å². The molecule has 7 heteroatoms. The van der Waals surface area contributed by atoms with Gasteiger partial charge in [0, 0.05) is 13.1 Å². The third-order valence-corrected chi connectivity index (χ3v) is 3.51. The minimum absolute atomic E-state index is 0.127. The Kier molecular flexibility index (Phi) is 3.79. The van der Waals surface area contributed by atoms with E-state index in [1.54, 1.807) is 17.3 Å². The van der Waals surface area contributed by atoms with E-state index >= 15 is 0 Å². The molecule has 0 saturated carbocycles. The van der Waals surface area contributed by atoms with Crippen LogP contribution in [0, 0.1) is 13.8 Å². The van der Waals surface area contributed by atoms with Crippen molar-refractivity contribution in [1.82, 2.24) is 24.6 Å². The van der Waals surface area contributed by atoms with Crippen LogP contribution in [0.1, 0.15) is 17.3 Å². The molecule has 2 aromatic rings. The molecule has 20 heavy (non-hydrogen) atoms. The zero-order chi connectivity index (χ0) is 13.9. The number of ether oxygens (including phenoxy) is 1. The summed E-state index contributed by atoms with van der Waals surface area (Å²) < 4.78 is 13.2. The minimum Gasteiger partial charge on any atom is -0.444 e. The van der Waals surface area contributed by atoms with Crippen LogP contribution >= 0.6 is 0 Å². The standard InChI is InChI=1S/C13H19N5O2/c1-10-11(2)20-13(16-10)7-17-3-4-19-12(5-17)6-18-9-14-8-15-18/h8-9,12H,3-7H2,1-2H3/t12-/m0/s1. The number of nitrogens with zero attached hydrogens (tertiary/aromatic N) is 5. The Morgan fingerprint density at radius 1 is 1.40 bits per heavy atom. The van der Waals surface area contributed by atoms with Crippen LogP contribution in [0.25, 0.3) is 0 Å². The molecule has 0 bridgehead atoms. The molecule has 0 radical (unpaired) electrons. The summed E-state index contributed by atoms with van der Waals surface area (Å²) in [7, 11) is 0. The van der Waals surface area contributed by atoms with E-state index in [1.807, 2.05) is 13.8 Å². The molecule has 1 fully saturated rings. The molecule has 7 nitrogen and oxygen atoms in total. The van der Waals surface area contributed by atoms with Gasteiger partial charge in [-0.25, -0.2) is 9.97 Å². The van der Waals surface area contributed by atoms with Gasteiger partial charge in [-0.05, 0) is 13.8 Å². The topological polar surface area (TPSA) is 69.2 Å².